The lowest BCUT2D eigenvalue weighted by Crippen LogP contribution is -2.86. The van der Waals surface area contributed by atoms with Crippen molar-refractivity contribution < 1.29 is 26.1 Å². The molecule has 0 saturated heterocycles. The minimum Gasteiger partial charge on any atom is -0.393 e. The third-order valence-electron chi connectivity index (χ3n) is 2.05. The maximum absolute atomic E-state index is 11.0. The minimum atomic E-state index is -1.20. The highest BCUT2D eigenvalue weighted by atomic mass is 16.3. The van der Waals surface area contributed by atoms with Crippen LogP contribution in [0.3, 0.4) is 0 Å². The van der Waals surface area contributed by atoms with Gasteiger partial charge in [0.2, 0.25) is 5.78 Å². The average molecular weight is 206 g/mol. The summed E-state index contributed by atoms with van der Waals surface area (Å²) in [6, 6.07) is 0. The van der Waals surface area contributed by atoms with Crippen LogP contribution in [0.4, 0.5) is 0 Å². The second kappa shape index (κ2) is 9.08. The SMILES string of the molecule is [NH3+]CCCCC[NH2+]CC(=O)[C@H](O)CO. The lowest BCUT2D eigenvalue weighted by atomic mass is 10.2. The van der Waals surface area contributed by atoms with E-state index in [1.807, 2.05) is 5.32 Å². The quantitative estimate of drug-likeness (QED) is 0.300. The normalized spacial score (nSPS) is 12.8. The van der Waals surface area contributed by atoms with E-state index in [1.54, 1.807) is 0 Å². The number of quaternary nitrogens is 2. The zero-order valence-corrected chi connectivity index (χ0v) is 8.61. The van der Waals surface area contributed by atoms with Gasteiger partial charge in [-0.15, -0.1) is 0 Å². The van der Waals surface area contributed by atoms with Crippen molar-refractivity contribution in [2.75, 3.05) is 26.2 Å². The van der Waals surface area contributed by atoms with Crippen LogP contribution in [0, 0.1) is 0 Å². The average Bonchev–Trinajstić information content (AvgIpc) is 2.21. The van der Waals surface area contributed by atoms with Crippen LogP contribution < -0.4 is 11.1 Å². The molecule has 0 amide bonds. The standard InChI is InChI=1S/C9H20N2O3/c10-4-2-1-3-5-11-6-8(13)9(14)7-12/h9,11-12,14H,1-7,10H2/p+2/t9-/m1/s1. The molecular weight excluding hydrogens is 184 g/mol. The van der Waals surface area contributed by atoms with E-state index in [2.05, 4.69) is 5.73 Å². The third kappa shape index (κ3) is 6.97. The molecule has 7 N–H and O–H groups in total. The van der Waals surface area contributed by atoms with Gasteiger partial charge in [-0.1, -0.05) is 0 Å². The second-order valence-electron chi connectivity index (χ2n) is 3.36. The van der Waals surface area contributed by atoms with Crippen LogP contribution in [-0.2, 0) is 4.79 Å². The lowest BCUT2D eigenvalue weighted by molar-refractivity contribution is -0.644. The minimum absolute atomic E-state index is 0.256. The van der Waals surface area contributed by atoms with E-state index in [9.17, 15) is 4.79 Å². The number of ketones is 1. The van der Waals surface area contributed by atoms with Crippen LogP contribution in [0.5, 0.6) is 0 Å². The molecular formula is C9H22N2O3+2. The molecule has 5 nitrogen and oxygen atoms in total. The van der Waals surface area contributed by atoms with E-state index in [4.69, 9.17) is 10.2 Å². The van der Waals surface area contributed by atoms with E-state index < -0.39 is 12.7 Å². The largest absolute Gasteiger partial charge is 0.393 e. The summed E-state index contributed by atoms with van der Waals surface area (Å²) >= 11 is 0. The first kappa shape index (κ1) is 13.5. The Hall–Kier alpha value is -0.490. The van der Waals surface area contributed by atoms with Gasteiger partial charge in [0.15, 0.2) is 0 Å². The summed E-state index contributed by atoms with van der Waals surface area (Å²) in [4.78, 5) is 11.0. The van der Waals surface area contributed by atoms with Gasteiger partial charge in [-0.2, -0.15) is 0 Å². The molecule has 0 unspecified atom stereocenters. The Kier molecular flexibility index (Phi) is 8.76. The number of hydrogen-bond acceptors (Lipinski definition) is 3. The molecule has 0 aromatic heterocycles. The highest BCUT2D eigenvalue weighted by Gasteiger charge is 2.14. The monoisotopic (exact) mass is 206 g/mol. The molecule has 84 valence electrons. The van der Waals surface area contributed by atoms with Gasteiger partial charge in [0.25, 0.3) is 0 Å². The molecule has 0 bridgehead atoms. The number of hydrogen-bond donors (Lipinski definition) is 4. The van der Waals surface area contributed by atoms with Crippen LogP contribution in [0.1, 0.15) is 19.3 Å². The van der Waals surface area contributed by atoms with Gasteiger partial charge in [-0.25, -0.2) is 0 Å². The fourth-order valence-corrected chi connectivity index (χ4v) is 1.12. The Morgan fingerprint density at radius 1 is 1.36 bits per heavy atom. The molecule has 0 aliphatic carbocycles. The van der Waals surface area contributed by atoms with Crippen molar-refractivity contribution in [2.45, 2.75) is 25.4 Å². The molecule has 0 rings (SSSR count). The van der Waals surface area contributed by atoms with E-state index >= 15 is 0 Å². The Balaban J connectivity index is 3.23. The fourth-order valence-electron chi connectivity index (χ4n) is 1.12. The van der Waals surface area contributed by atoms with Crippen LogP contribution in [-0.4, -0.2) is 48.3 Å². The molecule has 0 spiro atoms. The number of aliphatic hydroxyl groups excluding tert-OH is 2. The zero-order chi connectivity index (χ0) is 10.8. The molecule has 0 fully saturated rings. The number of carbonyl (C=O) groups excluding carboxylic acids is 1. The van der Waals surface area contributed by atoms with Gasteiger partial charge < -0.3 is 21.3 Å². The molecule has 5 heteroatoms. The number of carbonyl (C=O) groups is 1. The molecule has 0 radical (unpaired) electrons. The maximum Gasteiger partial charge on any atom is 0.217 e. The van der Waals surface area contributed by atoms with Gasteiger partial charge in [-0.3, -0.25) is 4.79 Å². The third-order valence-corrected chi connectivity index (χ3v) is 2.05. The predicted octanol–water partition coefficient (Wildman–Crippen LogP) is -3.12. The highest BCUT2D eigenvalue weighted by molar-refractivity contribution is 5.83. The number of unbranched alkanes of at least 4 members (excludes halogenated alkanes) is 2. The predicted molar refractivity (Wildman–Crippen MR) is 51.4 cm³/mol. The van der Waals surface area contributed by atoms with Crippen LogP contribution in [0.2, 0.25) is 0 Å². The molecule has 0 aromatic carbocycles. The molecule has 0 heterocycles. The van der Waals surface area contributed by atoms with E-state index in [-0.39, 0.29) is 12.3 Å². The van der Waals surface area contributed by atoms with Crippen molar-refractivity contribution >= 4 is 5.78 Å². The highest BCUT2D eigenvalue weighted by Crippen LogP contribution is 1.88. The number of aliphatic hydroxyl groups is 2. The van der Waals surface area contributed by atoms with Crippen molar-refractivity contribution in [3.05, 3.63) is 0 Å². The number of nitrogens with two attached hydrogens (primary N) is 1. The summed E-state index contributed by atoms with van der Waals surface area (Å²) in [5.41, 5.74) is 3.74. The Bertz CT molecular complexity index is 153. The molecule has 0 aromatic rings. The maximum atomic E-state index is 11.0. The van der Waals surface area contributed by atoms with Crippen molar-refractivity contribution in [2.24, 2.45) is 0 Å². The van der Waals surface area contributed by atoms with Gasteiger partial charge in [0.1, 0.15) is 12.6 Å². The molecule has 0 aliphatic heterocycles. The number of rotatable bonds is 9. The molecule has 0 aliphatic rings. The fraction of sp³-hybridized carbons (Fsp3) is 0.889. The summed E-state index contributed by atoms with van der Waals surface area (Å²) in [6.45, 7) is 1.63. The molecule has 0 saturated carbocycles. The van der Waals surface area contributed by atoms with E-state index in [1.165, 1.54) is 0 Å². The molecule has 1 atom stereocenters. The Labute approximate surface area is 84.3 Å². The van der Waals surface area contributed by atoms with Crippen LogP contribution in [0.25, 0.3) is 0 Å². The first-order chi connectivity index (χ1) is 6.72. The van der Waals surface area contributed by atoms with Crippen molar-refractivity contribution in [3.8, 4) is 0 Å². The lowest BCUT2D eigenvalue weighted by Gasteiger charge is -2.04. The van der Waals surface area contributed by atoms with Crippen LogP contribution in [0.15, 0.2) is 0 Å². The van der Waals surface area contributed by atoms with Gasteiger partial charge in [0.05, 0.1) is 19.7 Å². The van der Waals surface area contributed by atoms with Gasteiger partial charge in [0, 0.05) is 0 Å². The molecule has 14 heavy (non-hydrogen) atoms. The van der Waals surface area contributed by atoms with Crippen molar-refractivity contribution in [3.63, 3.8) is 0 Å². The summed E-state index contributed by atoms with van der Waals surface area (Å²) in [7, 11) is 0. The Morgan fingerprint density at radius 2 is 2.07 bits per heavy atom. The van der Waals surface area contributed by atoms with Crippen molar-refractivity contribution in [1.29, 1.82) is 0 Å². The smallest absolute Gasteiger partial charge is 0.217 e. The zero-order valence-electron chi connectivity index (χ0n) is 8.61. The first-order valence-corrected chi connectivity index (χ1v) is 5.15. The van der Waals surface area contributed by atoms with Crippen LogP contribution >= 0.6 is 0 Å². The number of Topliss-reactive ketones (excluding diaryl/α,β-unsaturated/α-hetero) is 1. The summed E-state index contributed by atoms with van der Waals surface area (Å²) in [6.07, 6.45) is 2.13. The van der Waals surface area contributed by atoms with Crippen molar-refractivity contribution in [1.82, 2.24) is 0 Å². The van der Waals surface area contributed by atoms with Gasteiger partial charge in [-0.05, 0) is 19.3 Å². The first-order valence-electron chi connectivity index (χ1n) is 5.15. The summed E-state index contributed by atoms with van der Waals surface area (Å²) < 4.78 is 0. The van der Waals surface area contributed by atoms with E-state index in [0.29, 0.717) is 0 Å². The van der Waals surface area contributed by atoms with E-state index in [0.717, 1.165) is 32.4 Å². The second-order valence-corrected chi connectivity index (χ2v) is 3.36. The summed E-state index contributed by atoms with van der Waals surface area (Å²) in [5, 5.41) is 19.3. The topological polar surface area (TPSA) is 102 Å². The van der Waals surface area contributed by atoms with Gasteiger partial charge >= 0.3 is 0 Å². The summed E-state index contributed by atoms with van der Waals surface area (Å²) in [5.74, 6) is -0.301. The Morgan fingerprint density at radius 3 is 2.64 bits per heavy atom.